The van der Waals surface area contributed by atoms with Crippen molar-refractivity contribution in [2.45, 2.75) is 32.1 Å². The maximum Gasteiger partial charge on any atom is 0.303 e. The third-order valence-corrected chi connectivity index (χ3v) is 3.59. The number of carboxylic acids is 1. The molecule has 0 atom stereocenters. The number of aliphatic carboxylic acids is 1. The van der Waals surface area contributed by atoms with Crippen molar-refractivity contribution in [3.8, 4) is 0 Å². The van der Waals surface area contributed by atoms with E-state index in [1.807, 2.05) is 0 Å². The Hall–Kier alpha value is -0.570. The predicted molar refractivity (Wildman–Crippen MR) is 47.5 cm³/mol. The van der Waals surface area contributed by atoms with Crippen molar-refractivity contribution in [1.29, 1.82) is 0 Å². The van der Waals surface area contributed by atoms with Crippen LogP contribution in [0.3, 0.4) is 0 Å². The topological polar surface area (TPSA) is 46.5 Å². The number of ether oxygens (including phenoxy) is 1. The molecular weight excluding hydrogens is 168 g/mol. The lowest BCUT2D eigenvalue weighted by atomic mass is 9.62. The third kappa shape index (κ3) is 1.57. The second-order valence-corrected chi connectivity index (χ2v) is 4.38. The Morgan fingerprint density at radius 2 is 2.15 bits per heavy atom. The van der Waals surface area contributed by atoms with Gasteiger partial charge in [0.25, 0.3) is 0 Å². The van der Waals surface area contributed by atoms with Gasteiger partial charge in [0.15, 0.2) is 0 Å². The van der Waals surface area contributed by atoms with Gasteiger partial charge in [-0.25, -0.2) is 0 Å². The Morgan fingerprint density at radius 3 is 2.46 bits per heavy atom. The molecule has 1 aliphatic heterocycles. The van der Waals surface area contributed by atoms with Crippen LogP contribution in [-0.2, 0) is 9.53 Å². The van der Waals surface area contributed by atoms with Crippen LogP contribution in [0.2, 0.25) is 0 Å². The van der Waals surface area contributed by atoms with Gasteiger partial charge in [0.2, 0.25) is 0 Å². The third-order valence-electron chi connectivity index (χ3n) is 3.59. The summed E-state index contributed by atoms with van der Waals surface area (Å²) < 4.78 is 5.23. The van der Waals surface area contributed by atoms with Gasteiger partial charge in [0, 0.05) is 11.8 Å². The number of rotatable bonds is 4. The molecule has 0 spiro atoms. The van der Waals surface area contributed by atoms with Gasteiger partial charge in [0.1, 0.15) is 0 Å². The van der Waals surface area contributed by atoms with Crippen molar-refractivity contribution in [3.63, 3.8) is 0 Å². The molecule has 3 nitrogen and oxygen atoms in total. The molecule has 1 saturated carbocycles. The van der Waals surface area contributed by atoms with Crippen molar-refractivity contribution in [2.75, 3.05) is 13.2 Å². The summed E-state index contributed by atoms with van der Waals surface area (Å²) in [6, 6.07) is 0. The molecule has 2 rings (SSSR count). The second-order valence-electron chi connectivity index (χ2n) is 4.38. The van der Waals surface area contributed by atoms with Crippen LogP contribution in [0.4, 0.5) is 0 Å². The van der Waals surface area contributed by atoms with Gasteiger partial charge in [-0.2, -0.15) is 0 Å². The average Bonchev–Trinajstić information content (AvgIpc) is 1.89. The summed E-state index contributed by atoms with van der Waals surface area (Å²) in [5.41, 5.74) is 0.247. The smallest absolute Gasteiger partial charge is 0.303 e. The standard InChI is InChI=1S/C10H16O3/c11-9(12)4-5-10(6-13-7-10)8-2-1-3-8/h8H,1-7H2,(H,11,12). The summed E-state index contributed by atoms with van der Waals surface area (Å²) in [6.45, 7) is 1.59. The molecule has 1 aliphatic carbocycles. The molecule has 74 valence electrons. The van der Waals surface area contributed by atoms with E-state index in [-0.39, 0.29) is 5.41 Å². The number of carboxylic acid groups (broad SMARTS) is 1. The number of carbonyl (C=O) groups is 1. The minimum Gasteiger partial charge on any atom is -0.481 e. The lowest BCUT2D eigenvalue weighted by molar-refractivity contribution is -0.170. The van der Waals surface area contributed by atoms with E-state index >= 15 is 0 Å². The highest BCUT2D eigenvalue weighted by Gasteiger charge is 2.47. The molecule has 1 heterocycles. The van der Waals surface area contributed by atoms with Gasteiger partial charge in [-0.15, -0.1) is 0 Å². The van der Waals surface area contributed by atoms with Crippen molar-refractivity contribution in [2.24, 2.45) is 11.3 Å². The molecule has 0 aromatic heterocycles. The van der Waals surface area contributed by atoms with Gasteiger partial charge >= 0.3 is 5.97 Å². The molecule has 2 fully saturated rings. The SMILES string of the molecule is O=C(O)CCC1(C2CCC2)COC1. The van der Waals surface area contributed by atoms with Crippen molar-refractivity contribution >= 4 is 5.97 Å². The van der Waals surface area contributed by atoms with Crippen LogP contribution in [-0.4, -0.2) is 24.3 Å². The summed E-state index contributed by atoms with van der Waals surface area (Å²) in [4.78, 5) is 10.5. The van der Waals surface area contributed by atoms with Crippen LogP contribution in [0, 0.1) is 11.3 Å². The maximum absolute atomic E-state index is 10.5. The highest BCUT2D eigenvalue weighted by Crippen LogP contribution is 2.49. The average molecular weight is 184 g/mol. The van der Waals surface area contributed by atoms with Crippen LogP contribution < -0.4 is 0 Å². The van der Waals surface area contributed by atoms with Gasteiger partial charge in [0.05, 0.1) is 13.2 Å². The van der Waals surface area contributed by atoms with Crippen LogP contribution in [0.1, 0.15) is 32.1 Å². The lowest BCUT2D eigenvalue weighted by Gasteiger charge is -2.51. The second kappa shape index (κ2) is 3.29. The fourth-order valence-electron chi connectivity index (χ4n) is 2.32. The predicted octanol–water partition coefficient (Wildman–Crippen LogP) is 1.67. The van der Waals surface area contributed by atoms with Gasteiger partial charge < -0.3 is 9.84 Å². The summed E-state index contributed by atoms with van der Waals surface area (Å²) >= 11 is 0. The van der Waals surface area contributed by atoms with Gasteiger partial charge in [-0.3, -0.25) is 4.79 Å². The quantitative estimate of drug-likeness (QED) is 0.722. The van der Waals surface area contributed by atoms with E-state index in [0.717, 1.165) is 25.6 Å². The van der Waals surface area contributed by atoms with E-state index in [9.17, 15) is 4.79 Å². The first kappa shape index (κ1) is 9.00. The zero-order valence-electron chi connectivity index (χ0n) is 7.79. The van der Waals surface area contributed by atoms with E-state index in [0.29, 0.717) is 6.42 Å². The molecular formula is C10H16O3. The Morgan fingerprint density at radius 1 is 1.46 bits per heavy atom. The maximum atomic E-state index is 10.5. The first-order valence-corrected chi connectivity index (χ1v) is 5.02. The molecule has 2 aliphatic rings. The highest BCUT2D eigenvalue weighted by molar-refractivity contribution is 5.66. The Kier molecular flexibility index (Phi) is 2.28. The van der Waals surface area contributed by atoms with E-state index < -0.39 is 5.97 Å². The van der Waals surface area contributed by atoms with E-state index in [2.05, 4.69) is 0 Å². The van der Waals surface area contributed by atoms with Gasteiger partial charge in [-0.1, -0.05) is 6.42 Å². The fraction of sp³-hybridized carbons (Fsp3) is 0.900. The van der Waals surface area contributed by atoms with Crippen molar-refractivity contribution < 1.29 is 14.6 Å². The summed E-state index contributed by atoms with van der Waals surface area (Å²) in [5.74, 6) is 0.0752. The molecule has 0 amide bonds. The van der Waals surface area contributed by atoms with Crippen LogP contribution in [0.5, 0.6) is 0 Å². The molecule has 0 radical (unpaired) electrons. The van der Waals surface area contributed by atoms with E-state index in [1.54, 1.807) is 0 Å². The molecule has 0 unspecified atom stereocenters. The number of hydrogen-bond acceptors (Lipinski definition) is 2. The molecule has 0 bridgehead atoms. The van der Waals surface area contributed by atoms with Crippen LogP contribution in [0.25, 0.3) is 0 Å². The van der Waals surface area contributed by atoms with E-state index in [1.165, 1.54) is 19.3 Å². The molecule has 0 aromatic rings. The Labute approximate surface area is 78.1 Å². The zero-order chi connectivity index (χ0) is 9.31. The first-order chi connectivity index (χ1) is 6.23. The molecule has 0 aromatic carbocycles. The normalized spacial score (nSPS) is 26.2. The summed E-state index contributed by atoms with van der Waals surface area (Å²) in [6.07, 6.45) is 5.00. The van der Waals surface area contributed by atoms with Crippen molar-refractivity contribution in [3.05, 3.63) is 0 Å². The molecule has 1 saturated heterocycles. The zero-order valence-corrected chi connectivity index (χ0v) is 7.79. The molecule has 1 N–H and O–H groups in total. The highest BCUT2D eigenvalue weighted by atomic mass is 16.5. The summed E-state index contributed by atoms with van der Waals surface area (Å²) in [7, 11) is 0. The first-order valence-electron chi connectivity index (χ1n) is 5.02. The number of hydrogen-bond donors (Lipinski definition) is 1. The largest absolute Gasteiger partial charge is 0.481 e. The van der Waals surface area contributed by atoms with Gasteiger partial charge in [-0.05, 0) is 25.2 Å². The van der Waals surface area contributed by atoms with E-state index in [4.69, 9.17) is 9.84 Å². The molecule has 13 heavy (non-hydrogen) atoms. The summed E-state index contributed by atoms with van der Waals surface area (Å²) in [5, 5.41) is 8.63. The Bertz CT molecular complexity index is 204. The van der Waals surface area contributed by atoms with Crippen LogP contribution >= 0.6 is 0 Å². The Balaban J connectivity index is 1.87. The monoisotopic (exact) mass is 184 g/mol. The minimum absolute atomic E-state index is 0.247. The molecule has 3 heteroatoms. The lowest BCUT2D eigenvalue weighted by Crippen LogP contribution is -2.50. The van der Waals surface area contributed by atoms with Crippen molar-refractivity contribution in [1.82, 2.24) is 0 Å². The fourth-order valence-corrected chi connectivity index (χ4v) is 2.32. The minimum atomic E-state index is -0.675. The van der Waals surface area contributed by atoms with Crippen LogP contribution in [0.15, 0.2) is 0 Å².